The number of benzene rings is 1. The van der Waals surface area contributed by atoms with Crippen LogP contribution in [0.25, 0.3) is 0 Å². The van der Waals surface area contributed by atoms with Gasteiger partial charge in [-0.3, -0.25) is 0 Å². The third-order valence-electron chi connectivity index (χ3n) is 2.89. The van der Waals surface area contributed by atoms with Gasteiger partial charge in [0.1, 0.15) is 17.5 Å². The fourth-order valence-electron chi connectivity index (χ4n) is 1.87. The van der Waals surface area contributed by atoms with Gasteiger partial charge in [0.2, 0.25) is 0 Å². The van der Waals surface area contributed by atoms with Crippen LogP contribution in [0.1, 0.15) is 24.7 Å². The summed E-state index contributed by atoms with van der Waals surface area (Å²) in [6, 6.07) is 8.23. The molecule has 0 aliphatic carbocycles. The van der Waals surface area contributed by atoms with Crippen LogP contribution in [0.3, 0.4) is 0 Å². The summed E-state index contributed by atoms with van der Waals surface area (Å²) >= 11 is 2.30. The molecule has 2 N–H and O–H groups in total. The van der Waals surface area contributed by atoms with Crippen molar-refractivity contribution in [3.8, 4) is 0 Å². The minimum atomic E-state index is 0.766. The number of rotatable bonds is 5. The molecule has 0 atom stereocenters. The van der Waals surface area contributed by atoms with Gasteiger partial charge in [-0.2, -0.15) is 0 Å². The largest absolute Gasteiger partial charge is 0.370 e. The van der Waals surface area contributed by atoms with Crippen molar-refractivity contribution in [2.24, 2.45) is 0 Å². The van der Waals surface area contributed by atoms with Gasteiger partial charge in [0.05, 0.1) is 0 Å². The van der Waals surface area contributed by atoms with E-state index in [4.69, 9.17) is 0 Å². The minimum absolute atomic E-state index is 0.766. The number of halogens is 1. The smallest absolute Gasteiger partial charge is 0.139 e. The molecule has 0 radical (unpaired) electrons. The normalized spacial score (nSPS) is 10.4. The summed E-state index contributed by atoms with van der Waals surface area (Å²) in [5.41, 5.74) is 2.09. The molecule has 0 saturated heterocycles. The first kappa shape index (κ1) is 15.0. The summed E-state index contributed by atoms with van der Waals surface area (Å²) < 4.78 is 1.19. The molecule has 1 aromatic heterocycles. The second-order valence-electron chi connectivity index (χ2n) is 4.66. The van der Waals surface area contributed by atoms with Crippen molar-refractivity contribution in [1.29, 1.82) is 0 Å². The standard InChI is InChI=1S/C15H19IN4/c1-4-8-17-14-10(2)15(19-11(3)18-14)20-13-7-5-6-12(16)9-13/h5-7,9H,4,8H2,1-3H3,(H2,17,18,19,20). The number of aryl methyl sites for hydroxylation is 1. The van der Waals surface area contributed by atoms with Crippen LogP contribution in [0.2, 0.25) is 0 Å². The topological polar surface area (TPSA) is 49.8 Å². The molecule has 0 aliphatic heterocycles. The maximum absolute atomic E-state index is 4.50. The molecule has 0 saturated carbocycles. The summed E-state index contributed by atoms with van der Waals surface area (Å²) in [6.45, 7) is 7.01. The predicted molar refractivity (Wildman–Crippen MR) is 92.7 cm³/mol. The van der Waals surface area contributed by atoms with Crippen molar-refractivity contribution >= 4 is 39.9 Å². The molecule has 0 amide bonds. The Kier molecular flexibility index (Phi) is 5.17. The van der Waals surface area contributed by atoms with Crippen LogP contribution >= 0.6 is 22.6 Å². The molecule has 2 aromatic rings. The van der Waals surface area contributed by atoms with Gasteiger partial charge >= 0.3 is 0 Å². The second kappa shape index (κ2) is 6.88. The van der Waals surface area contributed by atoms with E-state index in [0.29, 0.717) is 0 Å². The molecule has 1 aromatic carbocycles. The van der Waals surface area contributed by atoms with Crippen molar-refractivity contribution in [3.63, 3.8) is 0 Å². The van der Waals surface area contributed by atoms with Gasteiger partial charge in [-0.25, -0.2) is 9.97 Å². The van der Waals surface area contributed by atoms with Gasteiger partial charge in [0, 0.05) is 21.4 Å². The van der Waals surface area contributed by atoms with Gasteiger partial charge < -0.3 is 10.6 Å². The quantitative estimate of drug-likeness (QED) is 0.759. The third-order valence-corrected chi connectivity index (χ3v) is 3.56. The Balaban J connectivity index is 2.29. The van der Waals surface area contributed by atoms with Crippen molar-refractivity contribution in [2.45, 2.75) is 27.2 Å². The molecule has 4 nitrogen and oxygen atoms in total. The summed E-state index contributed by atoms with van der Waals surface area (Å²) in [5, 5.41) is 6.72. The Hall–Kier alpha value is -1.37. The van der Waals surface area contributed by atoms with Crippen molar-refractivity contribution in [1.82, 2.24) is 9.97 Å². The zero-order chi connectivity index (χ0) is 14.5. The Morgan fingerprint density at radius 1 is 1.15 bits per heavy atom. The molecule has 1 heterocycles. The Morgan fingerprint density at radius 3 is 2.60 bits per heavy atom. The van der Waals surface area contributed by atoms with Crippen molar-refractivity contribution in [2.75, 3.05) is 17.2 Å². The summed E-state index contributed by atoms with van der Waals surface area (Å²) in [5.74, 6) is 2.54. The monoisotopic (exact) mass is 382 g/mol. The van der Waals surface area contributed by atoms with E-state index in [-0.39, 0.29) is 0 Å². The van der Waals surface area contributed by atoms with E-state index >= 15 is 0 Å². The lowest BCUT2D eigenvalue weighted by Crippen LogP contribution is -2.08. The first-order chi connectivity index (χ1) is 9.60. The molecule has 20 heavy (non-hydrogen) atoms. The highest BCUT2D eigenvalue weighted by Crippen LogP contribution is 2.24. The highest BCUT2D eigenvalue weighted by molar-refractivity contribution is 14.1. The number of hydrogen-bond donors (Lipinski definition) is 2. The SMILES string of the molecule is CCCNc1nc(C)nc(Nc2cccc(I)c2)c1C. The van der Waals surface area contributed by atoms with E-state index in [0.717, 1.165) is 41.7 Å². The number of hydrogen-bond acceptors (Lipinski definition) is 4. The van der Waals surface area contributed by atoms with E-state index in [1.807, 2.05) is 26.0 Å². The molecule has 0 bridgehead atoms. The number of anilines is 3. The molecule has 0 aliphatic rings. The van der Waals surface area contributed by atoms with Crippen LogP contribution < -0.4 is 10.6 Å². The zero-order valence-corrected chi connectivity index (χ0v) is 14.2. The van der Waals surface area contributed by atoms with Gasteiger partial charge in [-0.15, -0.1) is 0 Å². The first-order valence-corrected chi connectivity index (χ1v) is 7.79. The Bertz CT molecular complexity index is 598. The lowest BCUT2D eigenvalue weighted by molar-refractivity contribution is 0.948. The molecule has 0 spiro atoms. The van der Waals surface area contributed by atoms with Crippen LogP contribution in [0, 0.1) is 17.4 Å². The van der Waals surface area contributed by atoms with Crippen LogP contribution in [-0.4, -0.2) is 16.5 Å². The molecule has 0 unspecified atom stereocenters. The summed E-state index contributed by atoms with van der Waals surface area (Å²) in [7, 11) is 0. The highest BCUT2D eigenvalue weighted by Gasteiger charge is 2.09. The lowest BCUT2D eigenvalue weighted by Gasteiger charge is -2.14. The van der Waals surface area contributed by atoms with E-state index in [9.17, 15) is 0 Å². The van der Waals surface area contributed by atoms with Crippen LogP contribution in [0.4, 0.5) is 17.3 Å². The summed E-state index contributed by atoms with van der Waals surface area (Å²) in [4.78, 5) is 8.97. The van der Waals surface area contributed by atoms with Crippen molar-refractivity contribution < 1.29 is 0 Å². The molecule has 106 valence electrons. The molecular weight excluding hydrogens is 363 g/mol. The second-order valence-corrected chi connectivity index (χ2v) is 5.90. The van der Waals surface area contributed by atoms with E-state index in [1.165, 1.54) is 3.57 Å². The van der Waals surface area contributed by atoms with Crippen LogP contribution in [-0.2, 0) is 0 Å². The fraction of sp³-hybridized carbons (Fsp3) is 0.333. The number of aromatic nitrogens is 2. The van der Waals surface area contributed by atoms with E-state index in [2.05, 4.69) is 62.2 Å². The summed E-state index contributed by atoms with van der Waals surface area (Å²) in [6.07, 6.45) is 1.07. The third kappa shape index (κ3) is 3.82. The van der Waals surface area contributed by atoms with Gasteiger partial charge in [-0.05, 0) is 61.1 Å². The zero-order valence-electron chi connectivity index (χ0n) is 12.0. The van der Waals surface area contributed by atoms with Gasteiger partial charge in [0.25, 0.3) is 0 Å². The average Bonchev–Trinajstić information content (AvgIpc) is 2.41. The van der Waals surface area contributed by atoms with Gasteiger partial charge in [0.15, 0.2) is 0 Å². The number of nitrogens with zero attached hydrogens (tertiary/aromatic N) is 2. The van der Waals surface area contributed by atoms with Gasteiger partial charge in [-0.1, -0.05) is 13.0 Å². The molecule has 0 fully saturated rings. The van der Waals surface area contributed by atoms with E-state index in [1.54, 1.807) is 0 Å². The lowest BCUT2D eigenvalue weighted by atomic mass is 10.2. The van der Waals surface area contributed by atoms with Crippen LogP contribution in [0.5, 0.6) is 0 Å². The minimum Gasteiger partial charge on any atom is -0.370 e. The van der Waals surface area contributed by atoms with Crippen molar-refractivity contribution in [3.05, 3.63) is 39.2 Å². The maximum Gasteiger partial charge on any atom is 0.139 e. The first-order valence-electron chi connectivity index (χ1n) is 6.72. The average molecular weight is 382 g/mol. The Morgan fingerprint density at radius 2 is 1.90 bits per heavy atom. The highest BCUT2D eigenvalue weighted by atomic mass is 127. The Labute approximate surface area is 133 Å². The molecular formula is C15H19IN4. The molecule has 2 rings (SSSR count). The maximum atomic E-state index is 4.50. The van der Waals surface area contributed by atoms with E-state index < -0.39 is 0 Å². The number of nitrogens with one attached hydrogen (secondary N) is 2. The van der Waals surface area contributed by atoms with Crippen LogP contribution in [0.15, 0.2) is 24.3 Å². The predicted octanol–water partition coefficient (Wildman–Crippen LogP) is 4.26. The fourth-order valence-corrected chi connectivity index (χ4v) is 2.41. The molecule has 5 heteroatoms.